The van der Waals surface area contributed by atoms with E-state index in [9.17, 15) is 9.90 Å². The first kappa shape index (κ1) is 13.3. The molecule has 0 radical (unpaired) electrons. The lowest BCUT2D eigenvalue weighted by molar-refractivity contribution is -0.140. The third-order valence-electron chi connectivity index (χ3n) is 2.47. The number of hydrogen-bond donors (Lipinski definition) is 2. The number of hydrogen-bond acceptors (Lipinski definition) is 4. The number of aliphatic carboxylic acids is 1. The van der Waals surface area contributed by atoms with E-state index in [2.05, 4.69) is 0 Å². The maximum absolute atomic E-state index is 11.2. The number of phenols is 1. The molecule has 0 bridgehead atoms. The molecule has 6 heteroatoms. The molecule has 2 rings (SSSR count). The Balaban J connectivity index is 2.08. The highest BCUT2D eigenvalue weighted by Crippen LogP contribution is 2.24. The minimum absolute atomic E-state index is 0.0467. The zero-order valence-corrected chi connectivity index (χ0v) is 10.5. The quantitative estimate of drug-likeness (QED) is 0.881. The molecule has 0 saturated heterocycles. The molecule has 1 heterocycles. The van der Waals surface area contributed by atoms with Gasteiger partial charge in [-0.05, 0) is 35.9 Å². The average Bonchev–Trinajstić information content (AvgIpc) is 2.76. The van der Waals surface area contributed by atoms with Gasteiger partial charge in [0.05, 0.1) is 0 Å². The fraction of sp³-hybridized carbons (Fsp3) is 0.154. The van der Waals surface area contributed by atoms with Crippen LogP contribution >= 0.6 is 11.6 Å². The zero-order valence-electron chi connectivity index (χ0n) is 9.75. The Morgan fingerprint density at radius 3 is 2.74 bits per heavy atom. The van der Waals surface area contributed by atoms with E-state index in [0.29, 0.717) is 5.75 Å². The Morgan fingerprint density at radius 2 is 2.16 bits per heavy atom. The molecule has 0 spiro atoms. The van der Waals surface area contributed by atoms with E-state index in [1.54, 1.807) is 12.1 Å². The Morgan fingerprint density at radius 1 is 1.37 bits per heavy atom. The van der Waals surface area contributed by atoms with Crippen LogP contribution < -0.4 is 4.74 Å². The SMILES string of the molecule is O=C(O)C(COc1cccc(O)c1)c1ccc(Cl)o1. The molecular formula is C13H11ClO5. The second-order valence-electron chi connectivity index (χ2n) is 3.84. The monoisotopic (exact) mass is 282 g/mol. The Labute approximate surface area is 114 Å². The van der Waals surface area contributed by atoms with Crippen molar-refractivity contribution < 1.29 is 24.2 Å². The van der Waals surface area contributed by atoms with Crippen molar-refractivity contribution in [3.63, 3.8) is 0 Å². The normalized spacial score (nSPS) is 12.1. The second kappa shape index (κ2) is 5.67. The minimum Gasteiger partial charge on any atom is -0.508 e. The van der Waals surface area contributed by atoms with Crippen molar-refractivity contribution in [1.82, 2.24) is 0 Å². The van der Waals surface area contributed by atoms with Crippen molar-refractivity contribution in [3.8, 4) is 11.5 Å². The Hall–Kier alpha value is -2.14. The van der Waals surface area contributed by atoms with Crippen LogP contribution in [0, 0.1) is 0 Å². The summed E-state index contributed by atoms with van der Waals surface area (Å²) in [6.45, 7) is -0.122. The summed E-state index contributed by atoms with van der Waals surface area (Å²) in [5.74, 6) is -1.40. The number of phenolic OH excluding ortho intramolecular Hbond substituents is 1. The Kier molecular flexibility index (Phi) is 3.97. The number of aromatic hydroxyl groups is 1. The number of halogens is 1. The molecule has 1 atom stereocenters. The van der Waals surface area contributed by atoms with Crippen molar-refractivity contribution in [2.24, 2.45) is 0 Å². The Bertz CT molecular complexity index is 578. The lowest BCUT2D eigenvalue weighted by Gasteiger charge is -2.11. The van der Waals surface area contributed by atoms with E-state index in [-0.39, 0.29) is 23.3 Å². The summed E-state index contributed by atoms with van der Waals surface area (Å²) >= 11 is 5.61. The van der Waals surface area contributed by atoms with Crippen LogP contribution in [0.2, 0.25) is 5.22 Å². The molecule has 0 amide bonds. The lowest BCUT2D eigenvalue weighted by Crippen LogP contribution is -2.18. The van der Waals surface area contributed by atoms with Gasteiger partial charge in [0.15, 0.2) is 5.22 Å². The van der Waals surface area contributed by atoms with E-state index in [1.807, 2.05) is 0 Å². The number of carboxylic acids is 1. The number of rotatable bonds is 5. The highest BCUT2D eigenvalue weighted by molar-refractivity contribution is 6.28. The van der Waals surface area contributed by atoms with Crippen LogP contribution in [0.25, 0.3) is 0 Å². The van der Waals surface area contributed by atoms with Gasteiger partial charge >= 0.3 is 5.97 Å². The van der Waals surface area contributed by atoms with Gasteiger partial charge in [0, 0.05) is 6.07 Å². The predicted octanol–water partition coefficient (Wildman–Crippen LogP) is 2.89. The van der Waals surface area contributed by atoms with Gasteiger partial charge in [-0.15, -0.1) is 0 Å². The van der Waals surface area contributed by atoms with Crippen molar-refractivity contribution in [3.05, 3.63) is 47.4 Å². The van der Waals surface area contributed by atoms with Gasteiger partial charge in [-0.3, -0.25) is 4.79 Å². The summed E-state index contributed by atoms with van der Waals surface area (Å²) in [4.78, 5) is 11.2. The summed E-state index contributed by atoms with van der Waals surface area (Å²) < 4.78 is 10.4. The van der Waals surface area contributed by atoms with E-state index in [0.717, 1.165) is 0 Å². The van der Waals surface area contributed by atoms with Crippen molar-refractivity contribution in [2.75, 3.05) is 6.61 Å². The molecule has 0 aliphatic heterocycles. The van der Waals surface area contributed by atoms with Crippen molar-refractivity contribution >= 4 is 17.6 Å². The number of benzene rings is 1. The molecule has 0 fully saturated rings. The fourth-order valence-corrected chi connectivity index (χ4v) is 1.70. The van der Waals surface area contributed by atoms with Crippen LogP contribution in [0.1, 0.15) is 11.7 Å². The van der Waals surface area contributed by atoms with Gasteiger partial charge in [0.1, 0.15) is 29.8 Å². The van der Waals surface area contributed by atoms with Gasteiger partial charge < -0.3 is 19.4 Å². The standard InChI is InChI=1S/C13H11ClO5/c14-12-5-4-11(19-12)10(13(16)17)7-18-9-3-1-2-8(15)6-9/h1-6,10,15H,7H2,(H,16,17). The van der Waals surface area contributed by atoms with E-state index in [4.69, 9.17) is 25.9 Å². The molecule has 1 unspecified atom stereocenters. The highest BCUT2D eigenvalue weighted by Gasteiger charge is 2.24. The lowest BCUT2D eigenvalue weighted by atomic mass is 10.1. The molecule has 0 aliphatic carbocycles. The van der Waals surface area contributed by atoms with Crippen LogP contribution in [0.5, 0.6) is 11.5 Å². The van der Waals surface area contributed by atoms with Gasteiger partial charge in [0.2, 0.25) is 0 Å². The summed E-state index contributed by atoms with van der Waals surface area (Å²) in [6, 6.07) is 9.08. The first-order valence-corrected chi connectivity index (χ1v) is 5.84. The first-order valence-electron chi connectivity index (χ1n) is 5.46. The summed E-state index contributed by atoms with van der Waals surface area (Å²) in [5.41, 5.74) is 0. The van der Waals surface area contributed by atoms with E-state index >= 15 is 0 Å². The van der Waals surface area contributed by atoms with Crippen molar-refractivity contribution in [1.29, 1.82) is 0 Å². The van der Waals surface area contributed by atoms with Gasteiger partial charge in [-0.25, -0.2) is 0 Å². The van der Waals surface area contributed by atoms with E-state index in [1.165, 1.54) is 24.3 Å². The fourth-order valence-electron chi connectivity index (χ4n) is 1.54. The second-order valence-corrected chi connectivity index (χ2v) is 4.21. The third-order valence-corrected chi connectivity index (χ3v) is 2.67. The molecule has 2 N–H and O–H groups in total. The number of furan rings is 1. The molecule has 5 nitrogen and oxygen atoms in total. The van der Waals surface area contributed by atoms with Gasteiger partial charge in [0.25, 0.3) is 0 Å². The van der Waals surface area contributed by atoms with Crippen molar-refractivity contribution in [2.45, 2.75) is 5.92 Å². The minimum atomic E-state index is -1.08. The van der Waals surface area contributed by atoms with E-state index < -0.39 is 11.9 Å². The third kappa shape index (κ3) is 3.42. The molecule has 1 aromatic heterocycles. The average molecular weight is 283 g/mol. The number of carboxylic acid groups (broad SMARTS) is 1. The topological polar surface area (TPSA) is 79.9 Å². The summed E-state index contributed by atoms with van der Waals surface area (Å²) in [5, 5.41) is 18.5. The smallest absolute Gasteiger partial charge is 0.317 e. The maximum Gasteiger partial charge on any atom is 0.317 e. The highest BCUT2D eigenvalue weighted by atomic mass is 35.5. The number of carbonyl (C=O) groups is 1. The molecule has 2 aromatic rings. The predicted molar refractivity (Wildman–Crippen MR) is 67.7 cm³/mol. The van der Waals surface area contributed by atoms with Crippen LogP contribution in [0.15, 0.2) is 40.8 Å². The molecule has 100 valence electrons. The van der Waals surface area contributed by atoms with Crippen LogP contribution in [0.4, 0.5) is 0 Å². The van der Waals surface area contributed by atoms with Crippen LogP contribution in [-0.2, 0) is 4.79 Å². The molecule has 1 aromatic carbocycles. The molecule has 0 saturated carbocycles. The van der Waals surface area contributed by atoms with Gasteiger partial charge in [-0.2, -0.15) is 0 Å². The first-order chi connectivity index (χ1) is 9.06. The van der Waals surface area contributed by atoms with Gasteiger partial charge in [-0.1, -0.05) is 6.07 Å². The molecule has 19 heavy (non-hydrogen) atoms. The largest absolute Gasteiger partial charge is 0.508 e. The maximum atomic E-state index is 11.2. The summed E-state index contributed by atoms with van der Waals surface area (Å²) in [7, 11) is 0. The molecule has 0 aliphatic rings. The summed E-state index contributed by atoms with van der Waals surface area (Å²) in [6.07, 6.45) is 0. The molecular weight excluding hydrogens is 272 g/mol. The number of ether oxygens (including phenoxy) is 1. The van der Waals surface area contributed by atoms with Crippen LogP contribution in [-0.4, -0.2) is 22.8 Å². The zero-order chi connectivity index (χ0) is 13.8. The van der Waals surface area contributed by atoms with Crippen LogP contribution in [0.3, 0.4) is 0 Å².